The van der Waals surface area contributed by atoms with E-state index in [0.29, 0.717) is 0 Å². The van der Waals surface area contributed by atoms with Gasteiger partial charge in [-0.25, -0.2) is 9.97 Å². The van der Waals surface area contributed by atoms with Crippen LogP contribution in [0.15, 0.2) is 18.9 Å². The number of nitro groups is 1. The van der Waals surface area contributed by atoms with Crippen LogP contribution in [0.2, 0.25) is 0 Å². The molecule has 0 aliphatic heterocycles. The smallest absolute Gasteiger partial charge is 0.258 e. The van der Waals surface area contributed by atoms with E-state index in [1.165, 1.54) is 17.2 Å². The number of fused-ring (bicyclic) bond motifs is 1. The Bertz CT molecular complexity index is 436. The first-order chi connectivity index (χ1) is 5.79. The van der Waals surface area contributed by atoms with Crippen molar-refractivity contribution in [3.63, 3.8) is 0 Å². The zero-order chi connectivity index (χ0) is 8.55. The van der Waals surface area contributed by atoms with Gasteiger partial charge >= 0.3 is 5.69 Å². The first kappa shape index (κ1) is 6.65. The first-order valence-electron chi connectivity index (χ1n) is 3.07. The van der Waals surface area contributed by atoms with Crippen LogP contribution in [-0.2, 0) is 0 Å². The van der Waals surface area contributed by atoms with Crippen LogP contribution in [0.3, 0.4) is 0 Å². The van der Waals surface area contributed by atoms with Gasteiger partial charge in [-0.15, -0.1) is 0 Å². The largest absolute Gasteiger partial charge is 0.331 e. The van der Waals surface area contributed by atoms with E-state index in [-0.39, 0.29) is 11.3 Å². The summed E-state index contributed by atoms with van der Waals surface area (Å²) in [6, 6.07) is 0. The van der Waals surface area contributed by atoms with Crippen LogP contribution in [0.1, 0.15) is 0 Å². The highest BCUT2D eigenvalue weighted by atomic mass is 16.6. The summed E-state index contributed by atoms with van der Waals surface area (Å²) in [5.41, 5.74) is 0.0602. The van der Waals surface area contributed by atoms with Crippen molar-refractivity contribution in [2.45, 2.75) is 0 Å². The van der Waals surface area contributed by atoms with Crippen LogP contribution in [0.25, 0.3) is 5.65 Å². The van der Waals surface area contributed by atoms with E-state index >= 15 is 0 Å². The molecule has 0 amide bonds. The molecular weight excluding hydrogens is 162 g/mol. The lowest BCUT2D eigenvalue weighted by Gasteiger charge is -1.90. The second kappa shape index (κ2) is 2.22. The maximum atomic E-state index is 10.4. The van der Waals surface area contributed by atoms with Crippen molar-refractivity contribution in [2.24, 2.45) is 0 Å². The molecule has 0 aliphatic carbocycles. The maximum absolute atomic E-state index is 10.4. The minimum absolute atomic E-state index is 0.144. The highest BCUT2D eigenvalue weighted by Crippen LogP contribution is 2.13. The van der Waals surface area contributed by atoms with Crippen LogP contribution < -0.4 is 0 Å². The Morgan fingerprint density at radius 2 is 2.42 bits per heavy atom. The van der Waals surface area contributed by atoms with Gasteiger partial charge in [0.15, 0.2) is 0 Å². The number of rotatable bonds is 1. The SMILES string of the molecule is O=[N+]([O-])c1cncn2ncnc12. The van der Waals surface area contributed by atoms with E-state index in [9.17, 15) is 10.1 Å². The van der Waals surface area contributed by atoms with Gasteiger partial charge < -0.3 is 0 Å². The van der Waals surface area contributed by atoms with Crippen molar-refractivity contribution in [1.82, 2.24) is 19.6 Å². The summed E-state index contributed by atoms with van der Waals surface area (Å²) < 4.78 is 1.25. The molecule has 0 N–H and O–H groups in total. The molecular formula is C5H3N5O2. The normalized spacial score (nSPS) is 10.3. The fraction of sp³-hybridized carbons (Fsp3) is 0. The summed E-state index contributed by atoms with van der Waals surface area (Å²) in [5.74, 6) is 0. The van der Waals surface area contributed by atoms with Crippen molar-refractivity contribution in [3.05, 3.63) is 29.0 Å². The molecule has 60 valence electrons. The minimum atomic E-state index is -0.545. The van der Waals surface area contributed by atoms with E-state index in [4.69, 9.17) is 0 Å². The summed E-state index contributed by atoms with van der Waals surface area (Å²) in [5, 5.41) is 14.1. The molecule has 2 heterocycles. The quantitative estimate of drug-likeness (QED) is 0.439. The molecule has 0 aromatic carbocycles. The number of nitrogens with zero attached hydrogens (tertiary/aromatic N) is 5. The average molecular weight is 165 g/mol. The monoisotopic (exact) mass is 165 g/mol. The summed E-state index contributed by atoms with van der Waals surface area (Å²) in [6.07, 6.45) is 3.74. The third kappa shape index (κ3) is 0.797. The second-order valence-corrected chi connectivity index (χ2v) is 2.06. The fourth-order valence-corrected chi connectivity index (χ4v) is 0.872. The second-order valence-electron chi connectivity index (χ2n) is 2.06. The lowest BCUT2D eigenvalue weighted by molar-refractivity contribution is -0.383. The highest BCUT2D eigenvalue weighted by molar-refractivity contribution is 5.56. The molecule has 2 aromatic rings. The van der Waals surface area contributed by atoms with Crippen molar-refractivity contribution < 1.29 is 4.92 Å². The third-order valence-electron chi connectivity index (χ3n) is 1.37. The van der Waals surface area contributed by atoms with E-state index in [0.717, 1.165) is 6.20 Å². The minimum Gasteiger partial charge on any atom is -0.258 e. The van der Waals surface area contributed by atoms with Gasteiger partial charge in [-0.1, -0.05) is 0 Å². The predicted molar refractivity (Wildman–Crippen MR) is 37.4 cm³/mol. The van der Waals surface area contributed by atoms with Gasteiger partial charge in [0.25, 0.3) is 0 Å². The molecule has 0 unspecified atom stereocenters. The van der Waals surface area contributed by atoms with Gasteiger partial charge in [-0.05, 0) is 0 Å². The lowest BCUT2D eigenvalue weighted by Crippen LogP contribution is -1.95. The van der Waals surface area contributed by atoms with Crippen molar-refractivity contribution in [3.8, 4) is 0 Å². The summed E-state index contributed by atoms with van der Waals surface area (Å²) in [6.45, 7) is 0. The first-order valence-corrected chi connectivity index (χ1v) is 3.07. The summed E-state index contributed by atoms with van der Waals surface area (Å²) in [7, 11) is 0. The molecule has 0 fully saturated rings. The molecule has 7 heteroatoms. The number of hydrogen-bond acceptors (Lipinski definition) is 5. The zero-order valence-electron chi connectivity index (χ0n) is 5.78. The zero-order valence-corrected chi connectivity index (χ0v) is 5.78. The van der Waals surface area contributed by atoms with Crippen molar-refractivity contribution >= 4 is 11.3 Å². The number of hydrogen-bond donors (Lipinski definition) is 0. The molecule has 7 nitrogen and oxygen atoms in total. The van der Waals surface area contributed by atoms with Crippen molar-refractivity contribution in [1.29, 1.82) is 0 Å². The standard InChI is InChI=1S/C5H3N5O2/c11-10(12)4-1-6-3-9-5(4)7-2-8-9/h1-3H. The Morgan fingerprint density at radius 3 is 3.17 bits per heavy atom. The Kier molecular flexibility index (Phi) is 1.23. The third-order valence-corrected chi connectivity index (χ3v) is 1.37. The Labute approximate surface area is 65.8 Å². The fourth-order valence-electron chi connectivity index (χ4n) is 0.872. The Morgan fingerprint density at radius 1 is 1.58 bits per heavy atom. The highest BCUT2D eigenvalue weighted by Gasteiger charge is 2.13. The predicted octanol–water partition coefficient (Wildman–Crippen LogP) is 0.0325. The van der Waals surface area contributed by atoms with Crippen LogP contribution in [0, 0.1) is 10.1 Å². The summed E-state index contributed by atoms with van der Waals surface area (Å²) in [4.78, 5) is 17.2. The molecule has 2 aromatic heterocycles. The molecule has 0 saturated heterocycles. The molecule has 0 atom stereocenters. The Balaban J connectivity index is 2.82. The van der Waals surface area contributed by atoms with E-state index in [1.807, 2.05) is 0 Å². The molecule has 2 rings (SSSR count). The number of aromatic nitrogens is 4. The van der Waals surface area contributed by atoms with Gasteiger partial charge in [-0.3, -0.25) is 10.1 Å². The lowest BCUT2D eigenvalue weighted by atomic mass is 10.5. The molecule has 0 spiro atoms. The molecule has 12 heavy (non-hydrogen) atoms. The molecule has 0 aliphatic rings. The summed E-state index contributed by atoms with van der Waals surface area (Å²) >= 11 is 0. The van der Waals surface area contributed by atoms with Crippen molar-refractivity contribution in [2.75, 3.05) is 0 Å². The van der Waals surface area contributed by atoms with Gasteiger partial charge in [0, 0.05) is 0 Å². The van der Waals surface area contributed by atoms with Crippen LogP contribution in [-0.4, -0.2) is 24.5 Å². The molecule has 0 saturated carbocycles. The van der Waals surface area contributed by atoms with Crippen LogP contribution >= 0.6 is 0 Å². The topological polar surface area (TPSA) is 86.2 Å². The Hall–Kier alpha value is -2.05. The maximum Gasteiger partial charge on any atom is 0.331 e. The molecule has 0 bridgehead atoms. The van der Waals surface area contributed by atoms with Gasteiger partial charge in [0.1, 0.15) is 18.9 Å². The van der Waals surface area contributed by atoms with Gasteiger partial charge in [0.2, 0.25) is 5.65 Å². The van der Waals surface area contributed by atoms with E-state index < -0.39 is 4.92 Å². The van der Waals surface area contributed by atoms with Crippen LogP contribution in [0.4, 0.5) is 5.69 Å². The van der Waals surface area contributed by atoms with Crippen LogP contribution in [0.5, 0.6) is 0 Å². The van der Waals surface area contributed by atoms with Gasteiger partial charge in [-0.2, -0.15) is 9.61 Å². The van der Waals surface area contributed by atoms with E-state index in [1.54, 1.807) is 0 Å². The average Bonchev–Trinajstić information content (AvgIpc) is 2.49. The van der Waals surface area contributed by atoms with Gasteiger partial charge in [0.05, 0.1) is 4.92 Å². The van der Waals surface area contributed by atoms with E-state index in [2.05, 4.69) is 15.1 Å². The molecule has 0 radical (unpaired) electrons.